The molecule has 2 aromatic heterocycles. The highest BCUT2D eigenvalue weighted by Gasteiger charge is 2.30. The molecule has 14 heteroatoms. The number of rotatable bonds is 4. The van der Waals surface area contributed by atoms with Gasteiger partial charge < -0.3 is 5.32 Å². The highest BCUT2D eigenvalue weighted by molar-refractivity contribution is 7.89. The molecule has 0 aliphatic heterocycles. The largest absolute Gasteiger partial charge is 0.348 e. The molecule has 0 fully saturated rings. The summed E-state index contributed by atoms with van der Waals surface area (Å²) in [6.07, 6.45) is 0. The molecular weight excluding hydrogens is 370 g/mol. The summed E-state index contributed by atoms with van der Waals surface area (Å²) in [6.45, 7) is 0. The zero-order valence-electron chi connectivity index (χ0n) is 12.5. The third-order valence-corrected chi connectivity index (χ3v) is 4.46. The van der Waals surface area contributed by atoms with Crippen LogP contribution >= 0.6 is 0 Å². The van der Waals surface area contributed by atoms with Gasteiger partial charge in [-0.1, -0.05) is 0 Å². The van der Waals surface area contributed by atoms with Crippen molar-refractivity contribution in [3.8, 4) is 0 Å². The molecule has 0 bridgehead atoms. The number of hydrogen-bond acceptors (Lipinski definition) is 11. The maximum atomic E-state index is 11.6. The van der Waals surface area contributed by atoms with Crippen molar-refractivity contribution in [1.82, 2.24) is 20.6 Å². The predicted molar refractivity (Wildman–Crippen MR) is 84.9 cm³/mol. The number of fused-ring (bicyclic) bond motifs is 3. The lowest BCUT2D eigenvalue weighted by molar-refractivity contribution is -0.382. The highest BCUT2D eigenvalue weighted by Crippen LogP contribution is 2.40. The topological polar surface area (TPSA) is 193 Å². The van der Waals surface area contributed by atoms with Crippen LogP contribution in [0.3, 0.4) is 0 Å². The summed E-state index contributed by atoms with van der Waals surface area (Å²) < 4.78 is 31.9. The lowest BCUT2D eigenvalue weighted by atomic mass is 10.1. The van der Waals surface area contributed by atoms with Gasteiger partial charge in [0.15, 0.2) is 22.2 Å². The normalized spacial score (nSPS) is 11.9. The minimum absolute atomic E-state index is 0.0306. The van der Waals surface area contributed by atoms with Gasteiger partial charge in [0.2, 0.25) is 15.5 Å². The number of sulfonamides is 1. The van der Waals surface area contributed by atoms with Gasteiger partial charge in [-0.2, -0.15) is 0 Å². The smallest absolute Gasteiger partial charge is 0.326 e. The van der Waals surface area contributed by atoms with Gasteiger partial charge in [0.25, 0.3) is 0 Å². The van der Waals surface area contributed by atoms with Gasteiger partial charge in [-0.15, -0.1) is 0 Å². The van der Waals surface area contributed by atoms with Crippen LogP contribution in [0.5, 0.6) is 0 Å². The molecule has 4 rings (SSSR count). The molecule has 0 radical (unpaired) electrons. The van der Waals surface area contributed by atoms with E-state index in [1.807, 2.05) is 0 Å². The molecule has 0 aliphatic carbocycles. The molecule has 2 aromatic carbocycles. The van der Waals surface area contributed by atoms with Crippen LogP contribution in [0.15, 0.2) is 38.4 Å². The van der Waals surface area contributed by atoms with Gasteiger partial charge >= 0.3 is 5.69 Å². The molecule has 0 saturated heterocycles. The Bertz CT molecular complexity index is 1260. The van der Waals surface area contributed by atoms with E-state index >= 15 is 0 Å². The molecule has 132 valence electrons. The minimum Gasteiger partial charge on any atom is -0.348 e. The van der Waals surface area contributed by atoms with E-state index in [4.69, 9.17) is 5.14 Å². The van der Waals surface area contributed by atoms with Gasteiger partial charge in [0.1, 0.15) is 0 Å². The number of benzene rings is 2. The number of aromatic nitrogens is 4. The summed E-state index contributed by atoms with van der Waals surface area (Å²) in [5, 5.41) is 33.9. The van der Waals surface area contributed by atoms with Gasteiger partial charge in [0.05, 0.1) is 9.82 Å². The number of nitrogens with one attached hydrogen (secondary N) is 1. The third-order valence-electron chi connectivity index (χ3n) is 3.53. The molecule has 0 spiro atoms. The number of nitrogens with zero attached hydrogens (tertiary/aromatic N) is 5. The van der Waals surface area contributed by atoms with Crippen LogP contribution in [0.4, 0.5) is 17.1 Å². The summed E-state index contributed by atoms with van der Waals surface area (Å²) in [5.74, 6) is 0. The van der Waals surface area contributed by atoms with Crippen LogP contribution in [-0.2, 0) is 10.0 Å². The van der Waals surface area contributed by atoms with E-state index in [-0.39, 0.29) is 32.6 Å². The molecular formula is C12H7N7O6S. The van der Waals surface area contributed by atoms with E-state index in [0.29, 0.717) is 5.69 Å². The summed E-state index contributed by atoms with van der Waals surface area (Å²) in [6, 6.07) is 5.26. The maximum absolute atomic E-state index is 11.6. The second-order valence-electron chi connectivity index (χ2n) is 5.10. The van der Waals surface area contributed by atoms with Crippen molar-refractivity contribution in [2.75, 3.05) is 5.32 Å². The van der Waals surface area contributed by atoms with Gasteiger partial charge in [0, 0.05) is 5.69 Å². The van der Waals surface area contributed by atoms with Gasteiger partial charge in [-0.05, 0) is 44.9 Å². The predicted octanol–water partition coefficient (Wildman–Crippen LogP) is 1.06. The molecule has 3 N–H and O–H groups in total. The van der Waals surface area contributed by atoms with E-state index in [9.17, 15) is 18.5 Å². The minimum atomic E-state index is -3.87. The number of anilines is 2. The number of nitro benzene ring substituents is 1. The Hall–Kier alpha value is -3.65. The molecule has 2 heterocycles. The van der Waals surface area contributed by atoms with Crippen molar-refractivity contribution in [2.24, 2.45) is 5.14 Å². The van der Waals surface area contributed by atoms with E-state index in [0.717, 1.165) is 0 Å². The van der Waals surface area contributed by atoms with E-state index < -0.39 is 20.6 Å². The Morgan fingerprint density at radius 3 is 2.08 bits per heavy atom. The van der Waals surface area contributed by atoms with Crippen LogP contribution in [0.2, 0.25) is 0 Å². The third kappa shape index (κ3) is 2.40. The van der Waals surface area contributed by atoms with Crippen LogP contribution in [0.1, 0.15) is 0 Å². The second kappa shape index (κ2) is 5.43. The van der Waals surface area contributed by atoms with Gasteiger partial charge in [-0.3, -0.25) is 10.1 Å². The van der Waals surface area contributed by atoms with E-state index in [1.165, 1.54) is 24.3 Å². The maximum Gasteiger partial charge on any atom is 0.326 e. The Morgan fingerprint density at radius 1 is 0.962 bits per heavy atom. The number of hydrogen-bond donors (Lipinski definition) is 2. The van der Waals surface area contributed by atoms with Crippen molar-refractivity contribution < 1.29 is 22.6 Å². The molecule has 4 aromatic rings. The molecule has 0 atom stereocenters. The number of nitro groups is 1. The second-order valence-corrected chi connectivity index (χ2v) is 6.66. The fourth-order valence-electron chi connectivity index (χ4n) is 2.41. The highest BCUT2D eigenvalue weighted by atomic mass is 32.2. The first-order chi connectivity index (χ1) is 12.4. The first-order valence-electron chi connectivity index (χ1n) is 6.81. The number of primary sulfonamides is 1. The fourth-order valence-corrected chi connectivity index (χ4v) is 2.92. The first-order valence-corrected chi connectivity index (χ1v) is 8.35. The van der Waals surface area contributed by atoms with Crippen LogP contribution in [-0.4, -0.2) is 34.0 Å². The average molecular weight is 377 g/mol. The quantitative estimate of drug-likeness (QED) is 0.381. The average Bonchev–Trinajstić information content (AvgIpc) is 3.22. The first kappa shape index (κ1) is 15.9. The van der Waals surface area contributed by atoms with Crippen molar-refractivity contribution in [3.05, 3.63) is 34.4 Å². The summed E-state index contributed by atoms with van der Waals surface area (Å²) in [5.41, 5.74) is -0.116. The number of nitrogens with two attached hydrogens (primary N) is 1. The molecule has 0 amide bonds. The molecule has 26 heavy (non-hydrogen) atoms. The Labute approximate surface area is 142 Å². The Morgan fingerprint density at radius 2 is 1.50 bits per heavy atom. The Kier molecular flexibility index (Phi) is 3.31. The van der Waals surface area contributed by atoms with Gasteiger partial charge in [-0.25, -0.2) is 22.8 Å². The SMILES string of the molecule is NS(=O)(=O)c1ccc(Nc2c([N+](=O)[O-])c3nonc3c3nonc23)cc1. The standard InChI is InChI=1S/C12H7N7O6S/c13-26(22,23)6-3-1-5(2-4-6)14-10-8-7(15-24-16-8)9-11(18-25-17-9)12(10)19(20)21/h1-4,14H,(H2,13,22,23). The summed E-state index contributed by atoms with van der Waals surface area (Å²) >= 11 is 0. The van der Waals surface area contributed by atoms with E-state index in [2.05, 4.69) is 35.2 Å². The molecule has 0 saturated carbocycles. The zero-order valence-corrected chi connectivity index (χ0v) is 13.3. The van der Waals surface area contributed by atoms with Crippen molar-refractivity contribution in [1.29, 1.82) is 0 Å². The van der Waals surface area contributed by atoms with Crippen LogP contribution < -0.4 is 10.5 Å². The van der Waals surface area contributed by atoms with Crippen molar-refractivity contribution in [2.45, 2.75) is 4.90 Å². The fraction of sp³-hybridized carbons (Fsp3) is 0. The molecule has 0 unspecified atom stereocenters. The monoisotopic (exact) mass is 377 g/mol. The summed E-state index contributed by atoms with van der Waals surface area (Å²) in [4.78, 5) is 10.8. The molecule has 0 aliphatic rings. The van der Waals surface area contributed by atoms with Crippen LogP contribution in [0, 0.1) is 10.1 Å². The molecule has 13 nitrogen and oxygen atoms in total. The van der Waals surface area contributed by atoms with Crippen molar-refractivity contribution >= 4 is 49.2 Å². The lowest BCUT2D eigenvalue weighted by Gasteiger charge is -2.08. The van der Waals surface area contributed by atoms with E-state index in [1.54, 1.807) is 0 Å². The van der Waals surface area contributed by atoms with Crippen molar-refractivity contribution in [3.63, 3.8) is 0 Å². The zero-order chi connectivity index (χ0) is 18.5. The lowest BCUT2D eigenvalue weighted by Crippen LogP contribution is -2.11. The Balaban J connectivity index is 1.91. The van der Waals surface area contributed by atoms with Crippen LogP contribution in [0.25, 0.3) is 22.1 Å². The summed E-state index contributed by atoms with van der Waals surface area (Å²) in [7, 11) is -3.87.